The van der Waals surface area contributed by atoms with Crippen LogP contribution in [0.15, 0.2) is 18.2 Å². The summed E-state index contributed by atoms with van der Waals surface area (Å²) in [6.45, 7) is 0.714. The highest BCUT2D eigenvalue weighted by atomic mass is 16.6. The van der Waals surface area contributed by atoms with Gasteiger partial charge in [-0.05, 0) is 49.4 Å². The van der Waals surface area contributed by atoms with E-state index < -0.39 is 0 Å². The van der Waals surface area contributed by atoms with Crippen molar-refractivity contribution in [1.29, 1.82) is 0 Å². The number of aryl methyl sites for hydroxylation is 2. The van der Waals surface area contributed by atoms with Gasteiger partial charge in [-0.15, -0.1) is 0 Å². The third kappa shape index (κ3) is 2.43. The molecule has 0 amide bonds. The lowest BCUT2D eigenvalue weighted by atomic mass is 9.95. The van der Waals surface area contributed by atoms with Crippen LogP contribution in [0.4, 0.5) is 0 Å². The maximum Gasteiger partial charge on any atom is 0.338 e. The maximum absolute atomic E-state index is 12.0. The molecular weight excluding hydrogens is 254 g/mol. The SMILES string of the molecule is COCCOC(=O)c1ccc2[nH]c3c(c2c1)CCCC3. The summed E-state index contributed by atoms with van der Waals surface area (Å²) >= 11 is 0. The second kappa shape index (κ2) is 5.67. The van der Waals surface area contributed by atoms with E-state index in [1.165, 1.54) is 29.5 Å². The van der Waals surface area contributed by atoms with Crippen molar-refractivity contribution < 1.29 is 14.3 Å². The van der Waals surface area contributed by atoms with Gasteiger partial charge in [0.15, 0.2) is 0 Å². The van der Waals surface area contributed by atoms with Crippen LogP contribution in [0.5, 0.6) is 0 Å². The maximum atomic E-state index is 12.0. The number of aromatic nitrogens is 1. The van der Waals surface area contributed by atoms with Gasteiger partial charge >= 0.3 is 5.97 Å². The summed E-state index contributed by atoms with van der Waals surface area (Å²) in [5, 5.41) is 1.17. The summed E-state index contributed by atoms with van der Waals surface area (Å²) in [4.78, 5) is 15.4. The van der Waals surface area contributed by atoms with Crippen molar-refractivity contribution in [2.45, 2.75) is 25.7 Å². The molecule has 0 atom stereocenters. The third-order valence-electron chi connectivity index (χ3n) is 3.85. The Labute approximate surface area is 118 Å². The molecule has 1 aliphatic carbocycles. The fourth-order valence-electron chi connectivity index (χ4n) is 2.83. The molecule has 1 aromatic carbocycles. The molecule has 106 valence electrons. The highest BCUT2D eigenvalue weighted by Crippen LogP contribution is 2.29. The number of hydrogen-bond donors (Lipinski definition) is 1. The van der Waals surface area contributed by atoms with Crippen molar-refractivity contribution in [2.75, 3.05) is 20.3 Å². The third-order valence-corrected chi connectivity index (χ3v) is 3.85. The predicted octanol–water partition coefficient (Wildman–Crippen LogP) is 2.85. The quantitative estimate of drug-likeness (QED) is 0.688. The van der Waals surface area contributed by atoms with Crippen LogP contribution in [0.1, 0.15) is 34.5 Å². The monoisotopic (exact) mass is 273 g/mol. The molecule has 0 fully saturated rings. The molecule has 0 radical (unpaired) electrons. The Morgan fingerprint density at radius 2 is 2.10 bits per heavy atom. The number of carbonyl (C=O) groups is 1. The minimum atomic E-state index is -0.283. The van der Waals surface area contributed by atoms with Gasteiger partial charge in [0.25, 0.3) is 0 Å². The Hall–Kier alpha value is -1.81. The zero-order valence-corrected chi connectivity index (χ0v) is 11.7. The normalized spacial score (nSPS) is 14.2. The first-order valence-corrected chi connectivity index (χ1v) is 7.09. The number of methoxy groups -OCH3 is 1. The Morgan fingerprint density at radius 1 is 1.25 bits per heavy atom. The van der Waals surface area contributed by atoms with Gasteiger partial charge in [0.2, 0.25) is 0 Å². The molecule has 0 aliphatic heterocycles. The van der Waals surface area contributed by atoms with Crippen LogP contribution in [-0.2, 0) is 22.3 Å². The van der Waals surface area contributed by atoms with Crippen LogP contribution in [-0.4, -0.2) is 31.3 Å². The van der Waals surface area contributed by atoms with E-state index in [2.05, 4.69) is 4.98 Å². The van der Waals surface area contributed by atoms with Crippen molar-refractivity contribution >= 4 is 16.9 Å². The van der Waals surface area contributed by atoms with Gasteiger partial charge < -0.3 is 14.5 Å². The number of rotatable bonds is 4. The largest absolute Gasteiger partial charge is 0.460 e. The van der Waals surface area contributed by atoms with Gasteiger partial charge in [-0.25, -0.2) is 4.79 Å². The molecule has 4 heteroatoms. The first kappa shape index (κ1) is 13.2. The number of carbonyl (C=O) groups excluding carboxylic acids is 1. The highest BCUT2D eigenvalue weighted by molar-refractivity contribution is 5.96. The standard InChI is InChI=1S/C16H19NO3/c1-19-8-9-20-16(18)11-6-7-15-13(10-11)12-4-2-3-5-14(12)17-15/h6-7,10,17H,2-5,8-9H2,1H3. The summed E-state index contributed by atoms with van der Waals surface area (Å²) in [5.74, 6) is -0.283. The Kier molecular flexibility index (Phi) is 3.74. The van der Waals surface area contributed by atoms with Gasteiger partial charge in [-0.2, -0.15) is 0 Å². The number of ether oxygens (including phenoxy) is 2. The fourth-order valence-corrected chi connectivity index (χ4v) is 2.83. The fraction of sp³-hybridized carbons (Fsp3) is 0.438. The van der Waals surface area contributed by atoms with Crippen molar-refractivity contribution in [3.8, 4) is 0 Å². The average Bonchev–Trinajstić information content (AvgIpc) is 2.85. The van der Waals surface area contributed by atoms with Crippen LogP contribution in [0.2, 0.25) is 0 Å². The molecule has 0 bridgehead atoms. The van der Waals surface area contributed by atoms with E-state index in [-0.39, 0.29) is 5.97 Å². The van der Waals surface area contributed by atoms with Crippen LogP contribution >= 0.6 is 0 Å². The van der Waals surface area contributed by atoms with Gasteiger partial charge in [-0.1, -0.05) is 0 Å². The summed E-state index contributed by atoms with van der Waals surface area (Å²) in [7, 11) is 1.59. The molecule has 0 saturated carbocycles. The number of esters is 1. The Balaban J connectivity index is 1.88. The summed E-state index contributed by atoms with van der Waals surface area (Å²) in [6, 6.07) is 5.74. The second-order valence-corrected chi connectivity index (χ2v) is 5.18. The Bertz CT molecular complexity index is 630. The molecule has 0 saturated heterocycles. The van der Waals surface area contributed by atoms with Crippen molar-refractivity contribution in [3.63, 3.8) is 0 Å². The molecule has 0 spiro atoms. The molecule has 1 aromatic heterocycles. The molecule has 0 unspecified atom stereocenters. The van der Waals surface area contributed by atoms with E-state index in [1.807, 2.05) is 18.2 Å². The first-order valence-electron chi connectivity index (χ1n) is 7.09. The zero-order chi connectivity index (χ0) is 13.9. The van der Waals surface area contributed by atoms with Crippen LogP contribution in [0.3, 0.4) is 0 Å². The predicted molar refractivity (Wildman–Crippen MR) is 77.1 cm³/mol. The van der Waals surface area contributed by atoms with Crippen molar-refractivity contribution in [2.24, 2.45) is 0 Å². The number of H-pyrrole nitrogens is 1. The van der Waals surface area contributed by atoms with Crippen molar-refractivity contribution in [1.82, 2.24) is 4.98 Å². The van der Waals surface area contributed by atoms with Gasteiger partial charge in [0.1, 0.15) is 6.61 Å². The smallest absolute Gasteiger partial charge is 0.338 e. The Morgan fingerprint density at radius 3 is 2.95 bits per heavy atom. The molecule has 1 heterocycles. The van der Waals surface area contributed by atoms with E-state index in [4.69, 9.17) is 9.47 Å². The molecule has 1 aliphatic rings. The van der Waals surface area contributed by atoms with E-state index >= 15 is 0 Å². The van der Waals surface area contributed by atoms with E-state index in [1.54, 1.807) is 7.11 Å². The van der Waals surface area contributed by atoms with Crippen LogP contribution in [0, 0.1) is 0 Å². The summed E-state index contributed by atoms with van der Waals surface area (Å²) in [5.41, 5.74) is 4.43. The first-order chi connectivity index (χ1) is 9.79. The van der Waals surface area contributed by atoms with E-state index in [9.17, 15) is 4.79 Å². The van der Waals surface area contributed by atoms with Crippen LogP contribution in [0.25, 0.3) is 10.9 Å². The minimum Gasteiger partial charge on any atom is -0.460 e. The summed E-state index contributed by atoms with van der Waals surface area (Å²) in [6.07, 6.45) is 4.67. The average molecular weight is 273 g/mol. The second-order valence-electron chi connectivity index (χ2n) is 5.18. The summed E-state index contributed by atoms with van der Waals surface area (Å²) < 4.78 is 10.0. The minimum absolute atomic E-state index is 0.283. The topological polar surface area (TPSA) is 51.3 Å². The molecule has 1 N–H and O–H groups in total. The lowest BCUT2D eigenvalue weighted by Crippen LogP contribution is -2.09. The van der Waals surface area contributed by atoms with E-state index in [0.717, 1.165) is 18.4 Å². The van der Waals surface area contributed by atoms with Crippen molar-refractivity contribution in [3.05, 3.63) is 35.0 Å². The zero-order valence-electron chi connectivity index (χ0n) is 11.7. The number of aromatic amines is 1. The number of benzene rings is 1. The van der Waals surface area contributed by atoms with E-state index in [0.29, 0.717) is 18.8 Å². The number of hydrogen-bond acceptors (Lipinski definition) is 3. The molecule has 4 nitrogen and oxygen atoms in total. The van der Waals surface area contributed by atoms with Gasteiger partial charge in [0.05, 0.1) is 12.2 Å². The van der Waals surface area contributed by atoms with Crippen LogP contribution < -0.4 is 0 Å². The van der Waals surface area contributed by atoms with Gasteiger partial charge in [-0.3, -0.25) is 0 Å². The number of nitrogens with one attached hydrogen (secondary N) is 1. The lowest BCUT2D eigenvalue weighted by Gasteiger charge is -2.10. The molecule has 20 heavy (non-hydrogen) atoms. The van der Waals surface area contributed by atoms with Gasteiger partial charge in [0, 0.05) is 23.7 Å². The number of fused-ring (bicyclic) bond motifs is 3. The lowest BCUT2D eigenvalue weighted by molar-refractivity contribution is 0.0388. The highest BCUT2D eigenvalue weighted by Gasteiger charge is 2.17. The molecule has 2 aromatic rings. The molecular formula is C16H19NO3. The molecule has 3 rings (SSSR count).